The number of aliphatic carboxylic acids is 1. The van der Waals surface area contributed by atoms with E-state index in [2.05, 4.69) is 34.9 Å². The largest absolute Gasteiger partial charge is 0.480 e. The lowest BCUT2D eigenvalue weighted by molar-refractivity contribution is -0.139. The van der Waals surface area contributed by atoms with Crippen LogP contribution < -0.4 is 10.6 Å². The number of carboxylic acids is 1. The molecule has 0 unspecified atom stereocenters. The van der Waals surface area contributed by atoms with E-state index in [0.29, 0.717) is 11.3 Å². The molecule has 1 aliphatic rings. The Bertz CT molecular complexity index is 1140. The van der Waals surface area contributed by atoms with Gasteiger partial charge in [-0.3, -0.25) is 10.1 Å². The molecule has 0 bridgehead atoms. The predicted molar refractivity (Wildman–Crippen MR) is 124 cm³/mol. The van der Waals surface area contributed by atoms with Gasteiger partial charge in [0.15, 0.2) is 0 Å². The molecule has 0 aromatic heterocycles. The van der Waals surface area contributed by atoms with E-state index in [1.165, 1.54) is 12.1 Å². The Hall–Kier alpha value is -4.13. The van der Waals surface area contributed by atoms with Crippen molar-refractivity contribution in [2.75, 3.05) is 11.9 Å². The lowest BCUT2D eigenvalue weighted by Gasteiger charge is -2.15. The van der Waals surface area contributed by atoms with Crippen LogP contribution in [0.25, 0.3) is 11.1 Å². The second-order valence-electron chi connectivity index (χ2n) is 7.80. The first-order valence-electron chi connectivity index (χ1n) is 10.7. The number of hydrogen-bond donors (Lipinski definition) is 3. The molecule has 168 valence electrons. The van der Waals surface area contributed by atoms with Gasteiger partial charge in [-0.15, -0.1) is 0 Å². The van der Waals surface area contributed by atoms with Crippen LogP contribution in [0.1, 0.15) is 40.7 Å². The Morgan fingerprint density at radius 1 is 0.909 bits per heavy atom. The maximum atomic E-state index is 12.4. The van der Waals surface area contributed by atoms with Crippen molar-refractivity contribution in [2.45, 2.75) is 25.3 Å². The van der Waals surface area contributed by atoms with Crippen molar-refractivity contribution < 1.29 is 24.2 Å². The minimum Gasteiger partial charge on any atom is -0.480 e. The van der Waals surface area contributed by atoms with E-state index in [-0.39, 0.29) is 18.9 Å². The van der Waals surface area contributed by atoms with Gasteiger partial charge in [0.1, 0.15) is 12.6 Å². The molecule has 3 aromatic carbocycles. The number of amides is 2. The minimum atomic E-state index is -1.08. The van der Waals surface area contributed by atoms with Crippen LogP contribution >= 0.6 is 0 Å². The maximum Gasteiger partial charge on any atom is 0.411 e. The zero-order valence-electron chi connectivity index (χ0n) is 18.1. The summed E-state index contributed by atoms with van der Waals surface area (Å²) in [5.41, 5.74) is 5.34. The second-order valence-corrected chi connectivity index (χ2v) is 7.80. The summed E-state index contributed by atoms with van der Waals surface area (Å²) in [6.45, 7) is 1.88. The molecule has 0 aliphatic heterocycles. The fraction of sp³-hybridized carbons (Fsp3) is 0.192. The number of carbonyl (C=O) groups excluding carboxylic acids is 2. The molecule has 0 spiro atoms. The van der Waals surface area contributed by atoms with Gasteiger partial charge in [-0.1, -0.05) is 55.5 Å². The molecular weight excluding hydrogens is 420 g/mol. The first-order chi connectivity index (χ1) is 16.0. The first kappa shape index (κ1) is 22.1. The lowest BCUT2D eigenvalue weighted by atomic mass is 9.98. The van der Waals surface area contributed by atoms with Crippen LogP contribution in [0.3, 0.4) is 0 Å². The van der Waals surface area contributed by atoms with Gasteiger partial charge in [-0.2, -0.15) is 0 Å². The second kappa shape index (κ2) is 9.56. The summed E-state index contributed by atoms with van der Waals surface area (Å²) in [5.74, 6) is -1.61. The zero-order valence-corrected chi connectivity index (χ0v) is 18.1. The molecule has 4 rings (SSSR count). The Labute approximate surface area is 191 Å². The van der Waals surface area contributed by atoms with Gasteiger partial charge in [0.2, 0.25) is 0 Å². The van der Waals surface area contributed by atoms with Crippen molar-refractivity contribution in [1.29, 1.82) is 0 Å². The lowest BCUT2D eigenvalue weighted by Crippen LogP contribution is -2.40. The number of rotatable bonds is 7. The van der Waals surface area contributed by atoms with Crippen molar-refractivity contribution in [3.63, 3.8) is 0 Å². The first-order valence-corrected chi connectivity index (χ1v) is 10.7. The number of hydrogen-bond acceptors (Lipinski definition) is 4. The van der Waals surface area contributed by atoms with Gasteiger partial charge < -0.3 is 15.2 Å². The van der Waals surface area contributed by atoms with E-state index in [4.69, 9.17) is 9.84 Å². The molecule has 0 saturated carbocycles. The summed E-state index contributed by atoms with van der Waals surface area (Å²) < 4.78 is 5.52. The Kier molecular flexibility index (Phi) is 6.40. The molecule has 3 aromatic rings. The molecule has 0 heterocycles. The Balaban J connectivity index is 1.36. The Morgan fingerprint density at radius 3 is 2.03 bits per heavy atom. The third-order valence-electron chi connectivity index (χ3n) is 5.75. The van der Waals surface area contributed by atoms with Crippen LogP contribution in [0.5, 0.6) is 0 Å². The molecule has 7 heteroatoms. The van der Waals surface area contributed by atoms with Gasteiger partial charge in [0.25, 0.3) is 5.91 Å². The quantitative estimate of drug-likeness (QED) is 0.492. The molecule has 2 amide bonds. The number of carbonyl (C=O) groups is 3. The van der Waals surface area contributed by atoms with Crippen molar-refractivity contribution in [3.05, 3.63) is 89.5 Å². The third kappa shape index (κ3) is 4.72. The normalized spacial score (nSPS) is 12.9. The van der Waals surface area contributed by atoms with Crippen LogP contribution in [-0.4, -0.2) is 35.7 Å². The van der Waals surface area contributed by atoms with Crippen LogP contribution in [0.2, 0.25) is 0 Å². The van der Waals surface area contributed by atoms with Gasteiger partial charge in [0, 0.05) is 17.2 Å². The monoisotopic (exact) mass is 444 g/mol. The average molecular weight is 444 g/mol. The number of carboxylic acid groups (broad SMARTS) is 1. The predicted octanol–water partition coefficient (Wildman–Crippen LogP) is 4.64. The van der Waals surface area contributed by atoms with Gasteiger partial charge in [-0.25, -0.2) is 9.59 Å². The molecule has 1 atom stereocenters. The third-order valence-corrected chi connectivity index (χ3v) is 5.75. The van der Waals surface area contributed by atoms with Gasteiger partial charge in [-0.05, 0) is 52.9 Å². The van der Waals surface area contributed by atoms with Crippen molar-refractivity contribution in [2.24, 2.45) is 0 Å². The average Bonchev–Trinajstić information content (AvgIpc) is 3.15. The molecule has 0 radical (unpaired) electrons. The van der Waals surface area contributed by atoms with Crippen molar-refractivity contribution in [3.8, 4) is 11.1 Å². The highest BCUT2D eigenvalue weighted by Gasteiger charge is 2.29. The summed E-state index contributed by atoms with van der Waals surface area (Å²) in [4.78, 5) is 35.7. The highest BCUT2D eigenvalue weighted by atomic mass is 16.5. The van der Waals surface area contributed by atoms with E-state index in [9.17, 15) is 14.4 Å². The molecule has 33 heavy (non-hydrogen) atoms. The smallest absolute Gasteiger partial charge is 0.411 e. The summed E-state index contributed by atoms with van der Waals surface area (Å²) in [6.07, 6.45) is -0.311. The summed E-state index contributed by atoms with van der Waals surface area (Å²) in [6, 6.07) is 21.4. The molecule has 3 N–H and O–H groups in total. The van der Waals surface area contributed by atoms with E-state index in [1.54, 1.807) is 19.1 Å². The zero-order chi connectivity index (χ0) is 23.4. The minimum absolute atomic E-state index is 0.0324. The molecule has 0 fully saturated rings. The van der Waals surface area contributed by atoms with E-state index in [0.717, 1.165) is 22.3 Å². The van der Waals surface area contributed by atoms with E-state index < -0.39 is 24.0 Å². The fourth-order valence-electron chi connectivity index (χ4n) is 4.04. The van der Waals surface area contributed by atoms with Crippen LogP contribution in [0.15, 0.2) is 72.8 Å². The van der Waals surface area contributed by atoms with Crippen molar-refractivity contribution >= 4 is 23.7 Å². The number of benzene rings is 3. The fourth-order valence-corrected chi connectivity index (χ4v) is 4.04. The molecular formula is C26H24N2O5. The molecule has 1 aliphatic carbocycles. The summed E-state index contributed by atoms with van der Waals surface area (Å²) >= 11 is 0. The number of ether oxygens (including phenoxy) is 1. The summed E-state index contributed by atoms with van der Waals surface area (Å²) in [7, 11) is 0. The van der Waals surface area contributed by atoms with Crippen molar-refractivity contribution in [1.82, 2.24) is 5.32 Å². The van der Waals surface area contributed by atoms with Crippen LogP contribution in [0.4, 0.5) is 10.5 Å². The highest BCUT2D eigenvalue weighted by molar-refractivity contribution is 5.97. The van der Waals surface area contributed by atoms with Crippen LogP contribution in [-0.2, 0) is 9.53 Å². The number of nitrogens with one attached hydrogen (secondary N) is 2. The topological polar surface area (TPSA) is 105 Å². The standard InChI is InChI=1S/C26H24N2O5/c1-2-23(25(30)31)28-24(29)16-11-13-17(14-12-16)27-26(32)33-15-22-20-9-5-3-7-18(20)19-8-4-6-10-21(19)22/h3-14,22-23H,2,15H2,1H3,(H,27,32)(H,28,29)(H,30,31)/t23-/m1/s1. The van der Waals surface area contributed by atoms with Crippen LogP contribution in [0, 0.1) is 0 Å². The van der Waals surface area contributed by atoms with Gasteiger partial charge in [0.05, 0.1) is 0 Å². The summed E-state index contributed by atoms with van der Waals surface area (Å²) in [5, 5.41) is 14.2. The number of anilines is 1. The van der Waals surface area contributed by atoms with E-state index in [1.807, 2.05) is 24.3 Å². The molecule has 7 nitrogen and oxygen atoms in total. The SMILES string of the molecule is CC[C@@H](NC(=O)c1ccc(NC(=O)OCC2c3ccccc3-c3ccccc32)cc1)C(=O)O. The van der Waals surface area contributed by atoms with E-state index >= 15 is 0 Å². The number of fused-ring (bicyclic) bond motifs is 3. The van der Waals surface area contributed by atoms with Gasteiger partial charge >= 0.3 is 12.1 Å². The molecule has 0 saturated heterocycles. The maximum absolute atomic E-state index is 12.4. The highest BCUT2D eigenvalue weighted by Crippen LogP contribution is 2.44. The Morgan fingerprint density at radius 2 is 1.48 bits per heavy atom.